The fraction of sp³-hybridized carbons (Fsp3) is 0.263. The molecule has 2 heteroatoms. The maximum absolute atomic E-state index is 6.09. The van der Waals surface area contributed by atoms with Gasteiger partial charge in [0.25, 0.3) is 0 Å². The molecule has 0 aliphatic heterocycles. The van der Waals surface area contributed by atoms with Crippen molar-refractivity contribution in [3.8, 4) is 0 Å². The van der Waals surface area contributed by atoms with E-state index >= 15 is 0 Å². The zero-order valence-electron chi connectivity index (χ0n) is 12.5. The van der Waals surface area contributed by atoms with Crippen molar-refractivity contribution >= 4 is 17.2 Å². The Morgan fingerprint density at radius 3 is 2.57 bits per heavy atom. The summed E-state index contributed by atoms with van der Waals surface area (Å²) in [5, 5.41) is 4.52. The largest absolute Gasteiger partial charge is 0.382 e. The first kappa shape index (κ1) is 14.2. The van der Waals surface area contributed by atoms with Gasteiger partial charge in [-0.15, -0.1) is 0 Å². The molecule has 0 saturated carbocycles. The molecule has 1 nitrogen and oxygen atoms in total. The Labute approximate surface area is 131 Å². The average molecular weight is 298 g/mol. The summed E-state index contributed by atoms with van der Waals surface area (Å²) in [4.78, 5) is 0. The van der Waals surface area contributed by atoms with Crippen LogP contribution in [0.3, 0.4) is 0 Å². The van der Waals surface area contributed by atoms with Crippen molar-refractivity contribution in [3.05, 3.63) is 75.9 Å². The third-order valence-electron chi connectivity index (χ3n) is 4.26. The molecule has 1 N–H and O–H groups in total. The smallest absolute Gasteiger partial charge is 0.0482 e. The number of allylic oxidation sites excluding steroid dienone is 2. The van der Waals surface area contributed by atoms with E-state index in [0.717, 1.165) is 17.9 Å². The van der Waals surface area contributed by atoms with Gasteiger partial charge in [-0.05, 0) is 61.1 Å². The lowest BCUT2D eigenvalue weighted by atomic mass is 9.89. The van der Waals surface area contributed by atoms with Crippen molar-refractivity contribution in [1.82, 2.24) is 5.32 Å². The number of hydrogen-bond donors (Lipinski definition) is 1. The lowest BCUT2D eigenvalue weighted by molar-refractivity contribution is 0.624. The Morgan fingerprint density at radius 1 is 1.05 bits per heavy atom. The third kappa shape index (κ3) is 2.98. The van der Waals surface area contributed by atoms with Crippen molar-refractivity contribution in [2.45, 2.75) is 32.7 Å². The molecular weight excluding hydrogens is 278 g/mol. The van der Waals surface area contributed by atoms with Crippen LogP contribution in [0.15, 0.2) is 54.2 Å². The van der Waals surface area contributed by atoms with Gasteiger partial charge in [0.2, 0.25) is 0 Å². The van der Waals surface area contributed by atoms with Gasteiger partial charge in [-0.3, -0.25) is 0 Å². The maximum atomic E-state index is 6.09. The van der Waals surface area contributed by atoms with E-state index in [1.807, 2.05) is 6.07 Å². The molecule has 2 aromatic rings. The first-order chi connectivity index (χ1) is 10.1. The second-order valence-electron chi connectivity index (χ2n) is 5.68. The van der Waals surface area contributed by atoms with Gasteiger partial charge >= 0.3 is 0 Å². The SMILES string of the molecule is CC1=C(NC(C)c2ccccc2)CCc2cc(Cl)ccc21. The number of halogens is 1. The minimum absolute atomic E-state index is 0.324. The fourth-order valence-electron chi connectivity index (χ4n) is 3.01. The summed E-state index contributed by atoms with van der Waals surface area (Å²) in [6, 6.07) is 17.1. The molecule has 0 heterocycles. The van der Waals surface area contributed by atoms with Crippen LogP contribution in [0.1, 0.15) is 43.0 Å². The summed E-state index contributed by atoms with van der Waals surface area (Å²) >= 11 is 6.09. The summed E-state index contributed by atoms with van der Waals surface area (Å²) in [5.74, 6) is 0. The zero-order chi connectivity index (χ0) is 14.8. The van der Waals surface area contributed by atoms with Crippen LogP contribution in [-0.4, -0.2) is 0 Å². The number of rotatable bonds is 3. The van der Waals surface area contributed by atoms with Crippen molar-refractivity contribution in [3.63, 3.8) is 0 Å². The third-order valence-corrected chi connectivity index (χ3v) is 4.49. The van der Waals surface area contributed by atoms with Gasteiger partial charge in [0, 0.05) is 16.8 Å². The number of hydrogen-bond acceptors (Lipinski definition) is 1. The molecule has 0 amide bonds. The molecule has 21 heavy (non-hydrogen) atoms. The molecule has 1 unspecified atom stereocenters. The van der Waals surface area contributed by atoms with E-state index in [9.17, 15) is 0 Å². The minimum atomic E-state index is 0.324. The van der Waals surface area contributed by atoms with Crippen LogP contribution in [-0.2, 0) is 6.42 Å². The molecule has 1 aliphatic carbocycles. The van der Waals surface area contributed by atoms with Gasteiger partial charge in [-0.2, -0.15) is 0 Å². The molecule has 108 valence electrons. The number of benzene rings is 2. The fourth-order valence-corrected chi connectivity index (χ4v) is 3.21. The van der Waals surface area contributed by atoms with Gasteiger partial charge in [-0.1, -0.05) is 48.0 Å². The van der Waals surface area contributed by atoms with E-state index in [4.69, 9.17) is 11.6 Å². The predicted octanol–water partition coefficient (Wildman–Crippen LogP) is 5.37. The van der Waals surface area contributed by atoms with Crippen LogP contribution < -0.4 is 5.32 Å². The highest BCUT2D eigenvalue weighted by Crippen LogP contribution is 2.32. The van der Waals surface area contributed by atoms with Crippen molar-refractivity contribution < 1.29 is 0 Å². The van der Waals surface area contributed by atoms with E-state index in [1.54, 1.807) is 0 Å². The van der Waals surface area contributed by atoms with Crippen LogP contribution in [0.25, 0.3) is 5.57 Å². The highest BCUT2D eigenvalue weighted by molar-refractivity contribution is 6.30. The van der Waals surface area contributed by atoms with Crippen LogP contribution in [0.2, 0.25) is 5.02 Å². The lowest BCUT2D eigenvalue weighted by Crippen LogP contribution is -2.21. The van der Waals surface area contributed by atoms with Gasteiger partial charge < -0.3 is 5.32 Å². The second kappa shape index (κ2) is 5.95. The van der Waals surface area contributed by atoms with Crippen LogP contribution >= 0.6 is 11.6 Å². The topological polar surface area (TPSA) is 12.0 Å². The van der Waals surface area contributed by atoms with Crippen LogP contribution in [0.4, 0.5) is 0 Å². The van der Waals surface area contributed by atoms with E-state index in [1.165, 1.54) is 28.0 Å². The highest BCUT2D eigenvalue weighted by atomic mass is 35.5. The summed E-state index contributed by atoms with van der Waals surface area (Å²) in [7, 11) is 0. The van der Waals surface area contributed by atoms with Crippen LogP contribution in [0.5, 0.6) is 0 Å². The van der Waals surface area contributed by atoms with Crippen LogP contribution in [0, 0.1) is 0 Å². The molecule has 1 atom stereocenters. The Hall–Kier alpha value is -1.73. The zero-order valence-corrected chi connectivity index (χ0v) is 13.2. The minimum Gasteiger partial charge on any atom is -0.382 e. The Bertz CT molecular complexity index is 673. The van der Waals surface area contributed by atoms with E-state index in [2.05, 4.69) is 61.6 Å². The Balaban J connectivity index is 1.86. The van der Waals surface area contributed by atoms with Crippen molar-refractivity contribution in [2.24, 2.45) is 0 Å². The monoisotopic (exact) mass is 297 g/mol. The molecule has 3 rings (SSSR count). The van der Waals surface area contributed by atoms with Crippen molar-refractivity contribution in [1.29, 1.82) is 0 Å². The highest BCUT2D eigenvalue weighted by Gasteiger charge is 2.17. The van der Waals surface area contributed by atoms with Gasteiger partial charge in [0.1, 0.15) is 0 Å². The standard InChI is InChI=1S/C19H20ClN/c1-13-18-10-9-17(20)12-16(18)8-11-19(13)21-14(2)15-6-4-3-5-7-15/h3-7,9-10,12,14,21H,8,11H2,1-2H3. The first-order valence-electron chi connectivity index (χ1n) is 7.45. The Kier molecular flexibility index (Phi) is 4.03. The molecule has 0 fully saturated rings. The molecule has 0 saturated heterocycles. The first-order valence-corrected chi connectivity index (χ1v) is 7.83. The average Bonchev–Trinajstić information content (AvgIpc) is 2.51. The quantitative estimate of drug-likeness (QED) is 0.803. The van der Waals surface area contributed by atoms with E-state index in [0.29, 0.717) is 6.04 Å². The van der Waals surface area contributed by atoms with Crippen molar-refractivity contribution in [2.75, 3.05) is 0 Å². The lowest BCUT2D eigenvalue weighted by Gasteiger charge is -2.26. The molecule has 0 bridgehead atoms. The molecule has 0 radical (unpaired) electrons. The normalized spacial score (nSPS) is 15.6. The number of aryl methyl sites for hydroxylation is 1. The molecule has 1 aliphatic rings. The summed E-state index contributed by atoms with van der Waals surface area (Å²) < 4.78 is 0. The maximum Gasteiger partial charge on any atom is 0.0482 e. The Morgan fingerprint density at radius 2 is 1.81 bits per heavy atom. The molecular formula is C19H20ClN. The molecule has 0 spiro atoms. The summed E-state index contributed by atoms with van der Waals surface area (Å²) in [6.45, 7) is 4.42. The van der Waals surface area contributed by atoms with Gasteiger partial charge in [0.15, 0.2) is 0 Å². The predicted molar refractivity (Wildman–Crippen MR) is 90.4 cm³/mol. The second-order valence-corrected chi connectivity index (χ2v) is 6.12. The van der Waals surface area contributed by atoms with E-state index in [-0.39, 0.29) is 0 Å². The molecule has 2 aromatic carbocycles. The molecule has 0 aromatic heterocycles. The van der Waals surface area contributed by atoms with Gasteiger partial charge in [-0.25, -0.2) is 0 Å². The van der Waals surface area contributed by atoms with Gasteiger partial charge in [0.05, 0.1) is 0 Å². The van der Waals surface area contributed by atoms with E-state index < -0.39 is 0 Å². The summed E-state index contributed by atoms with van der Waals surface area (Å²) in [5.41, 5.74) is 6.70. The number of nitrogens with one attached hydrogen (secondary N) is 1. The number of fused-ring (bicyclic) bond motifs is 1. The summed E-state index contributed by atoms with van der Waals surface area (Å²) in [6.07, 6.45) is 2.10.